The van der Waals surface area contributed by atoms with Gasteiger partial charge in [0.1, 0.15) is 0 Å². The predicted molar refractivity (Wildman–Crippen MR) is 64.6 cm³/mol. The molecule has 2 aromatic heterocycles. The molecule has 0 spiro atoms. The van der Waals surface area contributed by atoms with Crippen molar-refractivity contribution in [1.29, 1.82) is 0 Å². The molecule has 0 atom stereocenters. The molecule has 0 saturated heterocycles. The molecule has 4 heteroatoms. The largest absolute Gasteiger partial charge is 0.237 e. The molecular weight excluding hydrogens is 200 g/mol. The van der Waals surface area contributed by atoms with Crippen molar-refractivity contribution in [2.24, 2.45) is 0 Å². The van der Waals surface area contributed by atoms with Crippen LogP contribution in [0.3, 0.4) is 0 Å². The van der Waals surface area contributed by atoms with Crippen LogP contribution in [-0.4, -0.2) is 20.0 Å². The van der Waals surface area contributed by atoms with Gasteiger partial charge in [0, 0.05) is 6.20 Å². The monoisotopic (exact) mass is 218 g/mol. The molecule has 2 rings (SSSR count). The van der Waals surface area contributed by atoms with Gasteiger partial charge in [0.25, 0.3) is 0 Å². The second-order valence-electron chi connectivity index (χ2n) is 3.45. The summed E-state index contributed by atoms with van der Waals surface area (Å²) in [6.45, 7) is 8.31. The van der Waals surface area contributed by atoms with Crippen LogP contribution >= 0.6 is 0 Å². The molecule has 0 aliphatic rings. The van der Waals surface area contributed by atoms with Gasteiger partial charge in [-0.15, -0.1) is 5.10 Å². The van der Waals surface area contributed by atoms with Gasteiger partial charge in [-0.2, -0.15) is 0 Å². The lowest BCUT2D eigenvalue weighted by molar-refractivity contribution is 0.773. The lowest BCUT2D eigenvalue weighted by Crippen LogP contribution is -2.00. The fraction of sp³-hybridized carbons (Fsp3) is 0.417. The summed E-state index contributed by atoms with van der Waals surface area (Å²) in [5, 5.41) is 7.64. The first-order valence-corrected chi connectivity index (χ1v) is 5.60. The van der Waals surface area contributed by atoms with Gasteiger partial charge in [-0.05, 0) is 23.6 Å². The highest BCUT2D eigenvalue weighted by Gasteiger charge is 2.02. The van der Waals surface area contributed by atoms with Gasteiger partial charge >= 0.3 is 0 Å². The molecule has 0 saturated carbocycles. The number of aromatic nitrogens is 4. The lowest BCUT2D eigenvalue weighted by atomic mass is 10.1. The lowest BCUT2D eigenvalue weighted by Gasteiger charge is -2.06. The quantitative estimate of drug-likeness (QED) is 0.778. The Morgan fingerprint density at radius 3 is 2.50 bits per heavy atom. The molecule has 4 nitrogen and oxygen atoms in total. The molecule has 0 N–H and O–H groups in total. The Morgan fingerprint density at radius 2 is 1.94 bits per heavy atom. The zero-order valence-electron chi connectivity index (χ0n) is 10.3. The van der Waals surface area contributed by atoms with E-state index in [4.69, 9.17) is 0 Å². The van der Waals surface area contributed by atoms with E-state index in [2.05, 4.69) is 29.1 Å². The van der Waals surface area contributed by atoms with Crippen molar-refractivity contribution < 1.29 is 0 Å². The molecule has 0 fully saturated rings. The van der Waals surface area contributed by atoms with Crippen molar-refractivity contribution in [3.05, 3.63) is 36.3 Å². The Labute approximate surface area is 96.3 Å². The number of hydrogen-bond donors (Lipinski definition) is 0. The van der Waals surface area contributed by atoms with E-state index in [1.807, 2.05) is 26.0 Å². The summed E-state index contributed by atoms with van der Waals surface area (Å²) < 4.78 is 1.66. The Kier molecular flexibility index (Phi) is 4.64. The van der Waals surface area contributed by atoms with E-state index in [-0.39, 0.29) is 0 Å². The van der Waals surface area contributed by atoms with Crippen LogP contribution in [0.15, 0.2) is 30.7 Å². The standard InChI is InChI=1S/C10H12N4.C2H6/c1-8(2)9-3-4-11-10(7-9)14-6-5-12-13-14;1-2/h3-8H,1-2H3;1-2H3. The minimum atomic E-state index is 0.500. The second-order valence-corrected chi connectivity index (χ2v) is 3.45. The summed E-state index contributed by atoms with van der Waals surface area (Å²) in [5.41, 5.74) is 1.26. The van der Waals surface area contributed by atoms with Gasteiger partial charge in [0.2, 0.25) is 0 Å². The molecule has 0 aromatic carbocycles. The minimum Gasteiger partial charge on any atom is -0.237 e. The van der Waals surface area contributed by atoms with E-state index >= 15 is 0 Å². The smallest absolute Gasteiger partial charge is 0.155 e. The molecule has 16 heavy (non-hydrogen) atoms. The Bertz CT molecular complexity index is 407. The number of pyridine rings is 1. The summed E-state index contributed by atoms with van der Waals surface area (Å²) in [7, 11) is 0. The summed E-state index contributed by atoms with van der Waals surface area (Å²) in [5.74, 6) is 1.31. The van der Waals surface area contributed by atoms with Crippen LogP contribution in [0.5, 0.6) is 0 Å². The highest BCUT2D eigenvalue weighted by atomic mass is 15.4. The minimum absolute atomic E-state index is 0.500. The van der Waals surface area contributed by atoms with Crippen molar-refractivity contribution in [2.45, 2.75) is 33.6 Å². The molecule has 0 radical (unpaired) electrons. The highest BCUT2D eigenvalue weighted by Crippen LogP contribution is 2.15. The Balaban J connectivity index is 0.000000606. The zero-order chi connectivity index (χ0) is 12.0. The molecule has 2 heterocycles. The number of rotatable bonds is 2. The third kappa shape index (κ3) is 2.89. The van der Waals surface area contributed by atoms with E-state index in [1.54, 1.807) is 23.3 Å². The van der Waals surface area contributed by atoms with Crippen molar-refractivity contribution in [3.63, 3.8) is 0 Å². The molecule has 0 unspecified atom stereocenters. The third-order valence-electron chi connectivity index (χ3n) is 2.09. The normalized spacial score (nSPS) is 9.81. The molecule has 0 bridgehead atoms. The van der Waals surface area contributed by atoms with E-state index < -0.39 is 0 Å². The van der Waals surface area contributed by atoms with Crippen molar-refractivity contribution in [3.8, 4) is 5.82 Å². The van der Waals surface area contributed by atoms with E-state index in [0.29, 0.717) is 5.92 Å². The van der Waals surface area contributed by atoms with Crippen LogP contribution in [-0.2, 0) is 0 Å². The van der Waals surface area contributed by atoms with Gasteiger partial charge in [0.15, 0.2) is 5.82 Å². The van der Waals surface area contributed by atoms with Crippen LogP contribution in [0.2, 0.25) is 0 Å². The summed E-state index contributed by atoms with van der Waals surface area (Å²) >= 11 is 0. The van der Waals surface area contributed by atoms with E-state index in [1.165, 1.54) is 5.56 Å². The SMILES string of the molecule is CC.CC(C)c1ccnc(-n2ccnn2)c1. The van der Waals surface area contributed by atoms with Crippen LogP contribution < -0.4 is 0 Å². The van der Waals surface area contributed by atoms with Crippen molar-refractivity contribution in [1.82, 2.24) is 20.0 Å². The van der Waals surface area contributed by atoms with Gasteiger partial charge in [-0.1, -0.05) is 32.9 Å². The summed E-state index contributed by atoms with van der Waals surface area (Å²) in [4.78, 5) is 4.22. The molecule has 0 amide bonds. The number of nitrogens with zero attached hydrogens (tertiary/aromatic N) is 4. The van der Waals surface area contributed by atoms with Crippen LogP contribution in [0.1, 0.15) is 39.2 Å². The summed E-state index contributed by atoms with van der Waals surface area (Å²) in [6.07, 6.45) is 5.22. The first-order valence-electron chi connectivity index (χ1n) is 5.60. The zero-order valence-corrected chi connectivity index (χ0v) is 10.3. The third-order valence-corrected chi connectivity index (χ3v) is 2.09. The van der Waals surface area contributed by atoms with Gasteiger partial charge in [-0.3, -0.25) is 0 Å². The first kappa shape index (κ1) is 12.4. The maximum Gasteiger partial charge on any atom is 0.155 e. The van der Waals surface area contributed by atoms with Crippen molar-refractivity contribution in [2.75, 3.05) is 0 Å². The summed E-state index contributed by atoms with van der Waals surface area (Å²) in [6, 6.07) is 4.05. The molecule has 2 aromatic rings. The number of hydrogen-bond acceptors (Lipinski definition) is 3. The van der Waals surface area contributed by atoms with E-state index in [0.717, 1.165) is 5.82 Å². The van der Waals surface area contributed by atoms with Crippen LogP contribution in [0.4, 0.5) is 0 Å². The Morgan fingerprint density at radius 1 is 1.19 bits per heavy atom. The van der Waals surface area contributed by atoms with Crippen LogP contribution in [0.25, 0.3) is 5.82 Å². The maximum absolute atomic E-state index is 4.22. The Hall–Kier alpha value is -1.71. The van der Waals surface area contributed by atoms with Crippen LogP contribution in [0, 0.1) is 0 Å². The van der Waals surface area contributed by atoms with Gasteiger partial charge in [0.05, 0.1) is 12.4 Å². The van der Waals surface area contributed by atoms with E-state index in [9.17, 15) is 0 Å². The molecular formula is C12H18N4. The van der Waals surface area contributed by atoms with Gasteiger partial charge in [-0.25, -0.2) is 9.67 Å². The van der Waals surface area contributed by atoms with Crippen molar-refractivity contribution >= 4 is 0 Å². The molecule has 0 aliphatic heterocycles. The predicted octanol–water partition coefficient (Wildman–Crippen LogP) is 2.81. The molecule has 0 aliphatic carbocycles. The average Bonchev–Trinajstić information content (AvgIpc) is 2.85. The maximum atomic E-state index is 4.22. The highest BCUT2D eigenvalue weighted by molar-refractivity contribution is 5.28. The van der Waals surface area contributed by atoms with Gasteiger partial charge < -0.3 is 0 Å². The average molecular weight is 218 g/mol. The fourth-order valence-electron chi connectivity index (χ4n) is 1.25. The first-order chi connectivity index (χ1) is 7.77. The second kappa shape index (κ2) is 6.00. The molecule has 86 valence electrons. The fourth-order valence-corrected chi connectivity index (χ4v) is 1.25. The topological polar surface area (TPSA) is 43.6 Å².